The van der Waals surface area contributed by atoms with E-state index >= 15 is 0 Å². The third-order valence-corrected chi connectivity index (χ3v) is 5.09. The third-order valence-electron chi connectivity index (χ3n) is 5.09. The molecule has 130 valence electrons. The minimum atomic E-state index is 0.491. The minimum Gasteiger partial charge on any atom is -0.354 e. The lowest BCUT2D eigenvalue weighted by Gasteiger charge is -2.40. The number of nitrogens with one attached hydrogen (secondary N) is 1. The molecule has 9 nitrogen and oxygen atoms in total. The standard InChI is InChI=1S/C16H20N8O/c1-10-18-16(25-22-10)17-7-11-8-23(9-11)14-6-5-13-19-20-15(24(13)21-14)12-3-2-4-12/h5-6,11-12H,2-4,7-9H2,1H3,(H,17,18,22). The lowest BCUT2D eigenvalue weighted by molar-refractivity contribution is 0.391. The Balaban J connectivity index is 1.24. The second-order valence-electron chi connectivity index (χ2n) is 6.95. The van der Waals surface area contributed by atoms with Gasteiger partial charge in [0, 0.05) is 31.5 Å². The molecule has 0 bridgehead atoms. The van der Waals surface area contributed by atoms with Crippen LogP contribution in [0.2, 0.25) is 0 Å². The van der Waals surface area contributed by atoms with E-state index in [2.05, 4.69) is 30.6 Å². The van der Waals surface area contributed by atoms with Crippen molar-refractivity contribution in [3.05, 3.63) is 23.8 Å². The molecule has 4 heterocycles. The average Bonchev–Trinajstić information content (AvgIpc) is 3.11. The van der Waals surface area contributed by atoms with E-state index in [0.717, 1.165) is 36.9 Å². The number of anilines is 2. The quantitative estimate of drug-likeness (QED) is 0.748. The van der Waals surface area contributed by atoms with E-state index in [1.54, 1.807) is 0 Å². The van der Waals surface area contributed by atoms with Crippen molar-refractivity contribution in [1.82, 2.24) is 30.0 Å². The molecule has 0 radical (unpaired) electrons. The van der Waals surface area contributed by atoms with Crippen molar-refractivity contribution in [3.8, 4) is 0 Å². The zero-order valence-corrected chi connectivity index (χ0v) is 14.1. The van der Waals surface area contributed by atoms with Gasteiger partial charge in [0.1, 0.15) is 5.82 Å². The van der Waals surface area contributed by atoms with Crippen molar-refractivity contribution in [1.29, 1.82) is 0 Å². The smallest absolute Gasteiger partial charge is 0.321 e. The lowest BCUT2D eigenvalue weighted by Crippen LogP contribution is -2.50. The molecule has 2 aliphatic rings. The number of rotatable bonds is 5. The number of nitrogens with zero attached hydrogens (tertiary/aromatic N) is 7. The molecule has 3 aromatic rings. The van der Waals surface area contributed by atoms with Gasteiger partial charge in [0.15, 0.2) is 17.3 Å². The summed E-state index contributed by atoms with van der Waals surface area (Å²) < 4.78 is 6.99. The summed E-state index contributed by atoms with van der Waals surface area (Å²) in [6.07, 6.45) is 3.66. The van der Waals surface area contributed by atoms with E-state index < -0.39 is 0 Å². The van der Waals surface area contributed by atoms with E-state index in [9.17, 15) is 0 Å². The Morgan fingerprint density at radius 1 is 1.24 bits per heavy atom. The van der Waals surface area contributed by atoms with Crippen LogP contribution in [0.3, 0.4) is 0 Å². The van der Waals surface area contributed by atoms with Crippen LogP contribution in [0.5, 0.6) is 0 Å². The van der Waals surface area contributed by atoms with Crippen LogP contribution in [0.15, 0.2) is 16.7 Å². The van der Waals surface area contributed by atoms with Gasteiger partial charge in [0.25, 0.3) is 0 Å². The van der Waals surface area contributed by atoms with Crippen LogP contribution in [0.4, 0.5) is 11.8 Å². The summed E-state index contributed by atoms with van der Waals surface area (Å²) in [4.78, 5) is 6.43. The summed E-state index contributed by atoms with van der Waals surface area (Å²) in [5, 5.41) is 20.3. The second kappa shape index (κ2) is 5.68. The highest BCUT2D eigenvalue weighted by Gasteiger charge is 2.29. The number of hydrogen-bond donors (Lipinski definition) is 1. The SMILES string of the molecule is Cc1noc(NCC2CN(c3ccc4nnc(C5CCC5)n4n3)C2)n1. The molecule has 9 heteroatoms. The maximum Gasteiger partial charge on any atom is 0.321 e. The third kappa shape index (κ3) is 2.59. The number of fused-ring (bicyclic) bond motifs is 1. The first-order valence-electron chi connectivity index (χ1n) is 8.78. The Kier molecular flexibility index (Phi) is 3.32. The molecule has 25 heavy (non-hydrogen) atoms. The van der Waals surface area contributed by atoms with Gasteiger partial charge in [-0.15, -0.1) is 15.3 Å². The Labute approximate surface area is 144 Å². The molecule has 2 fully saturated rings. The molecule has 1 aliphatic carbocycles. The Morgan fingerprint density at radius 3 is 2.84 bits per heavy atom. The van der Waals surface area contributed by atoms with Crippen LogP contribution < -0.4 is 10.2 Å². The van der Waals surface area contributed by atoms with E-state index in [-0.39, 0.29) is 0 Å². The highest BCUT2D eigenvalue weighted by molar-refractivity contribution is 5.48. The van der Waals surface area contributed by atoms with Crippen LogP contribution in [-0.4, -0.2) is 49.6 Å². The average molecular weight is 340 g/mol. The van der Waals surface area contributed by atoms with E-state index in [1.165, 1.54) is 19.3 Å². The molecule has 1 saturated carbocycles. The highest BCUT2D eigenvalue weighted by atomic mass is 16.5. The van der Waals surface area contributed by atoms with Crippen molar-refractivity contribution in [2.24, 2.45) is 5.92 Å². The zero-order valence-electron chi connectivity index (χ0n) is 14.1. The summed E-state index contributed by atoms with van der Waals surface area (Å²) in [5.74, 6) is 3.69. The molecule has 0 unspecified atom stereocenters. The molecule has 0 spiro atoms. The van der Waals surface area contributed by atoms with Crippen LogP contribution >= 0.6 is 0 Å². The first kappa shape index (κ1) is 14.6. The molecule has 1 N–H and O–H groups in total. The second-order valence-corrected chi connectivity index (χ2v) is 6.95. The summed E-state index contributed by atoms with van der Waals surface area (Å²) in [6, 6.07) is 4.52. The van der Waals surface area contributed by atoms with E-state index in [0.29, 0.717) is 23.7 Å². The Bertz CT molecular complexity index is 893. The fraction of sp³-hybridized carbons (Fsp3) is 0.562. The summed E-state index contributed by atoms with van der Waals surface area (Å²) in [6.45, 7) is 4.55. The fourth-order valence-electron chi connectivity index (χ4n) is 3.37. The summed E-state index contributed by atoms with van der Waals surface area (Å²) >= 11 is 0. The minimum absolute atomic E-state index is 0.491. The van der Waals surface area contributed by atoms with Crippen molar-refractivity contribution in [3.63, 3.8) is 0 Å². The van der Waals surface area contributed by atoms with Crippen molar-refractivity contribution in [2.75, 3.05) is 29.9 Å². The molecule has 1 saturated heterocycles. The Morgan fingerprint density at radius 2 is 2.12 bits per heavy atom. The van der Waals surface area contributed by atoms with Gasteiger partial charge in [-0.1, -0.05) is 11.6 Å². The summed E-state index contributed by atoms with van der Waals surface area (Å²) in [7, 11) is 0. The molecule has 5 rings (SSSR count). The predicted molar refractivity (Wildman–Crippen MR) is 90.6 cm³/mol. The van der Waals surface area contributed by atoms with Crippen molar-refractivity contribution in [2.45, 2.75) is 32.1 Å². The monoisotopic (exact) mass is 340 g/mol. The number of aromatic nitrogens is 6. The molecule has 0 aromatic carbocycles. The van der Waals surface area contributed by atoms with Crippen LogP contribution in [0.25, 0.3) is 5.65 Å². The Hall–Kier alpha value is -2.71. The van der Waals surface area contributed by atoms with Gasteiger partial charge < -0.3 is 14.7 Å². The maximum absolute atomic E-state index is 5.07. The normalized spacial score (nSPS) is 18.4. The van der Waals surface area contributed by atoms with Gasteiger partial charge >= 0.3 is 6.01 Å². The largest absolute Gasteiger partial charge is 0.354 e. The highest BCUT2D eigenvalue weighted by Crippen LogP contribution is 2.35. The van der Waals surface area contributed by atoms with Gasteiger partial charge in [-0.05, 0) is 31.9 Å². The first-order chi connectivity index (χ1) is 12.3. The number of hydrogen-bond acceptors (Lipinski definition) is 8. The molecule has 3 aromatic heterocycles. The van der Waals surface area contributed by atoms with Crippen LogP contribution in [-0.2, 0) is 0 Å². The van der Waals surface area contributed by atoms with Gasteiger partial charge in [-0.2, -0.15) is 9.50 Å². The van der Waals surface area contributed by atoms with Gasteiger partial charge in [0.2, 0.25) is 0 Å². The van der Waals surface area contributed by atoms with E-state index in [4.69, 9.17) is 9.62 Å². The van der Waals surface area contributed by atoms with Gasteiger partial charge in [-0.3, -0.25) is 0 Å². The summed E-state index contributed by atoms with van der Waals surface area (Å²) in [5.41, 5.74) is 0.830. The molecule has 1 aliphatic heterocycles. The lowest BCUT2D eigenvalue weighted by atomic mass is 9.85. The van der Waals surface area contributed by atoms with E-state index in [1.807, 2.05) is 23.6 Å². The molecular formula is C16H20N8O. The number of aryl methyl sites for hydroxylation is 1. The van der Waals surface area contributed by atoms with Crippen molar-refractivity contribution >= 4 is 17.5 Å². The predicted octanol–water partition coefficient (Wildman–Crippen LogP) is 1.63. The fourth-order valence-corrected chi connectivity index (χ4v) is 3.37. The maximum atomic E-state index is 5.07. The van der Waals surface area contributed by atoms with Gasteiger partial charge in [0.05, 0.1) is 0 Å². The molecular weight excluding hydrogens is 320 g/mol. The van der Waals surface area contributed by atoms with Crippen LogP contribution in [0.1, 0.15) is 36.8 Å². The van der Waals surface area contributed by atoms with Crippen molar-refractivity contribution < 1.29 is 4.52 Å². The molecule has 0 amide bonds. The first-order valence-corrected chi connectivity index (χ1v) is 8.78. The zero-order chi connectivity index (χ0) is 16.8. The topological polar surface area (TPSA) is 97.3 Å². The van der Waals surface area contributed by atoms with Crippen LogP contribution in [0, 0.1) is 12.8 Å². The van der Waals surface area contributed by atoms with Gasteiger partial charge in [-0.25, -0.2) is 0 Å². The molecule has 0 atom stereocenters.